The third kappa shape index (κ3) is 3.96. The number of aromatic nitrogens is 1. The van der Waals surface area contributed by atoms with E-state index in [9.17, 15) is 9.90 Å². The SMILES string of the molecule is N#CCOc1ccc(Nc2cc(NC3C4CC5CC3CC(O)(C5)C4)c(C(N)=O)cn2)cc1. The summed E-state index contributed by atoms with van der Waals surface area (Å²) in [4.78, 5) is 16.4. The minimum Gasteiger partial charge on any atom is -0.479 e. The van der Waals surface area contributed by atoms with Crippen LogP contribution in [0.2, 0.25) is 0 Å². The van der Waals surface area contributed by atoms with Gasteiger partial charge in [0.1, 0.15) is 17.6 Å². The Labute approximate surface area is 186 Å². The van der Waals surface area contributed by atoms with Crippen molar-refractivity contribution in [2.45, 2.75) is 43.7 Å². The lowest BCUT2D eigenvalue weighted by molar-refractivity contribution is -0.129. The van der Waals surface area contributed by atoms with Crippen molar-refractivity contribution < 1.29 is 14.6 Å². The highest BCUT2D eigenvalue weighted by atomic mass is 16.5. The van der Waals surface area contributed by atoms with Gasteiger partial charge in [-0.15, -0.1) is 0 Å². The van der Waals surface area contributed by atoms with Crippen LogP contribution in [0.5, 0.6) is 5.75 Å². The summed E-state index contributed by atoms with van der Waals surface area (Å²) in [6.45, 7) is -0.000752. The largest absolute Gasteiger partial charge is 0.479 e. The van der Waals surface area contributed by atoms with E-state index in [1.54, 1.807) is 12.1 Å². The predicted molar refractivity (Wildman–Crippen MR) is 120 cm³/mol. The van der Waals surface area contributed by atoms with E-state index in [1.165, 1.54) is 6.20 Å². The fourth-order valence-corrected chi connectivity index (χ4v) is 6.13. The van der Waals surface area contributed by atoms with E-state index in [4.69, 9.17) is 15.7 Å². The molecule has 1 aromatic carbocycles. The maximum Gasteiger partial charge on any atom is 0.252 e. The Morgan fingerprint density at radius 2 is 1.97 bits per heavy atom. The van der Waals surface area contributed by atoms with Crippen LogP contribution in [-0.2, 0) is 0 Å². The number of primary amides is 1. The van der Waals surface area contributed by atoms with Crippen LogP contribution in [0.3, 0.4) is 0 Å². The molecule has 2 unspecified atom stereocenters. The van der Waals surface area contributed by atoms with E-state index in [2.05, 4.69) is 15.6 Å². The zero-order chi connectivity index (χ0) is 22.3. The van der Waals surface area contributed by atoms with E-state index in [1.807, 2.05) is 24.3 Å². The molecule has 32 heavy (non-hydrogen) atoms. The lowest BCUT2D eigenvalue weighted by Crippen LogP contribution is -2.59. The lowest BCUT2D eigenvalue weighted by Gasteiger charge is -2.58. The Hall–Kier alpha value is -3.31. The maximum absolute atomic E-state index is 12.1. The number of rotatable bonds is 7. The Kier molecular flexibility index (Phi) is 5.14. The number of nitrogens with two attached hydrogens (primary N) is 1. The Balaban J connectivity index is 1.35. The first-order chi connectivity index (χ1) is 15.4. The Morgan fingerprint density at radius 3 is 2.59 bits per heavy atom. The number of hydrogen-bond acceptors (Lipinski definition) is 7. The number of anilines is 3. The number of carbonyl (C=O) groups is 1. The minimum atomic E-state index is -0.520. The van der Waals surface area contributed by atoms with E-state index >= 15 is 0 Å². The van der Waals surface area contributed by atoms with Crippen LogP contribution in [0, 0.1) is 29.1 Å². The van der Waals surface area contributed by atoms with Crippen molar-refractivity contribution in [3.63, 3.8) is 0 Å². The molecule has 8 nitrogen and oxygen atoms in total. The van der Waals surface area contributed by atoms with Gasteiger partial charge in [-0.3, -0.25) is 4.79 Å². The summed E-state index contributed by atoms with van der Waals surface area (Å²) in [6.07, 6.45) is 6.32. The van der Waals surface area contributed by atoms with Crippen LogP contribution >= 0.6 is 0 Å². The zero-order valence-corrected chi connectivity index (χ0v) is 17.8. The third-order valence-electron chi connectivity index (χ3n) is 7.16. The maximum atomic E-state index is 12.1. The summed E-state index contributed by atoms with van der Waals surface area (Å²) in [5, 5.41) is 26.3. The van der Waals surface area contributed by atoms with Crippen molar-refractivity contribution in [2.75, 3.05) is 17.2 Å². The normalized spacial score (nSPS) is 29.9. The van der Waals surface area contributed by atoms with E-state index in [0.717, 1.165) is 37.8 Å². The smallest absolute Gasteiger partial charge is 0.252 e. The first-order valence-corrected chi connectivity index (χ1v) is 11.1. The molecular weight excluding hydrogens is 406 g/mol. The average molecular weight is 434 g/mol. The van der Waals surface area contributed by atoms with Crippen LogP contribution in [0.4, 0.5) is 17.2 Å². The Bertz CT molecular complexity index is 1050. The molecule has 1 heterocycles. The lowest BCUT2D eigenvalue weighted by atomic mass is 9.52. The molecule has 2 atom stereocenters. The molecule has 166 valence electrons. The number of nitrogens with zero attached hydrogens (tertiary/aromatic N) is 2. The number of aliphatic hydroxyl groups is 1. The molecule has 4 saturated carbocycles. The first kappa shape index (κ1) is 20.6. The van der Waals surface area contributed by atoms with E-state index in [-0.39, 0.29) is 12.6 Å². The van der Waals surface area contributed by atoms with Crippen LogP contribution in [0.15, 0.2) is 36.5 Å². The second kappa shape index (κ2) is 7.99. The fourth-order valence-electron chi connectivity index (χ4n) is 6.13. The van der Waals surface area contributed by atoms with Crippen molar-refractivity contribution in [1.82, 2.24) is 4.98 Å². The molecule has 2 aromatic rings. The minimum absolute atomic E-state index is 0.000752. The fraction of sp³-hybridized carbons (Fsp3) is 0.458. The van der Waals surface area contributed by atoms with Gasteiger partial charge >= 0.3 is 0 Å². The van der Waals surface area contributed by atoms with Gasteiger partial charge in [0.15, 0.2) is 6.61 Å². The molecule has 0 saturated heterocycles. The van der Waals surface area contributed by atoms with Crippen molar-refractivity contribution in [2.24, 2.45) is 23.5 Å². The van der Waals surface area contributed by atoms with Gasteiger partial charge in [-0.1, -0.05) is 0 Å². The van der Waals surface area contributed by atoms with Crippen molar-refractivity contribution in [3.8, 4) is 11.8 Å². The molecule has 4 aliphatic carbocycles. The highest BCUT2D eigenvalue weighted by Crippen LogP contribution is 2.56. The first-order valence-electron chi connectivity index (χ1n) is 11.1. The molecule has 4 fully saturated rings. The third-order valence-corrected chi connectivity index (χ3v) is 7.16. The average Bonchev–Trinajstić information content (AvgIpc) is 2.74. The van der Waals surface area contributed by atoms with Gasteiger partial charge < -0.3 is 26.2 Å². The van der Waals surface area contributed by atoms with Crippen molar-refractivity contribution in [1.29, 1.82) is 5.26 Å². The van der Waals surface area contributed by atoms with Crippen LogP contribution < -0.4 is 21.1 Å². The van der Waals surface area contributed by atoms with Crippen molar-refractivity contribution in [3.05, 3.63) is 42.1 Å². The van der Waals surface area contributed by atoms with Crippen LogP contribution in [0.25, 0.3) is 0 Å². The molecule has 5 N–H and O–H groups in total. The zero-order valence-electron chi connectivity index (χ0n) is 17.8. The van der Waals surface area contributed by atoms with Gasteiger partial charge in [0.05, 0.1) is 16.9 Å². The quantitative estimate of drug-likeness (QED) is 0.527. The topological polar surface area (TPSA) is 133 Å². The van der Waals surface area contributed by atoms with Gasteiger partial charge in [0.25, 0.3) is 5.91 Å². The standard InChI is InChI=1S/C24H27N5O3/c25-5-6-32-18-3-1-17(2-4-18)28-21-9-20(19(13-27-21)23(26)30)29-22-15-7-14-8-16(22)12-24(31,10-14)11-15/h1-4,9,13-16,22,31H,6-8,10-12H2,(H2,26,30)(H2,27,28,29). The second-order valence-electron chi connectivity index (χ2n) is 9.44. The Morgan fingerprint density at radius 1 is 1.25 bits per heavy atom. The van der Waals surface area contributed by atoms with E-state index in [0.29, 0.717) is 40.6 Å². The molecule has 0 aliphatic heterocycles. The number of carbonyl (C=O) groups excluding carboxylic acids is 1. The molecule has 6 rings (SSSR count). The highest BCUT2D eigenvalue weighted by molar-refractivity contribution is 5.98. The monoisotopic (exact) mass is 433 g/mol. The number of nitrogens with one attached hydrogen (secondary N) is 2. The van der Waals surface area contributed by atoms with E-state index < -0.39 is 11.5 Å². The van der Waals surface area contributed by atoms with Gasteiger partial charge in [-0.25, -0.2) is 4.98 Å². The summed E-state index contributed by atoms with van der Waals surface area (Å²) >= 11 is 0. The van der Waals surface area contributed by atoms with Gasteiger partial charge in [0.2, 0.25) is 0 Å². The number of pyridine rings is 1. The molecule has 0 spiro atoms. The molecule has 4 bridgehead atoms. The summed E-state index contributed by atoms with van der Waals surface area (Å²) in [5.41, 5.74) is 6.96. The molecule has 8 heteroatoms. The number of amides is 1. The summed E-state index contributed by atoms with van der Waals surface area (Å²) in [7, 11) is 0. The molecular formula is C24H27N5O3. The van der Waals surface area contributed by atoms with Gasteiger partial charge in [-0.05, 0) is 74.1 Å². The molecule has 4 aliphatic rings. The van der Waals surface area contributed by atoms with Gasteiger partial charge in [-0.2, -0.15) is 5.26 Å². The second-order valence-corrected chi connectivity index (χ2v) is 9.44. The summed E-state index contributed by atoms with van der Waals surface area (Å²) < 4.78 is 5.28. The number of nitriles is 1. The predicted octanol–water partition coefficient (Wildman–Crippen LogP) is 3.18. The van der Waals surface area contributed by atoms with Crippen LogP contribution in [0.1, 0.15) is 42.5 Å². The highest BCUT2D eigenvalue weighted by Gasteiger charge is 2.54. The molecule has 0 radical (unpaired) electrons. The summed E-state index contributed by atoms with van der Waals surface area (Å²) in [6, 6.07) is 11.2. The molecule has 1 aromatic heterocycles. The molecule has 1 amide bonds. The number of ether oxygens (including phenoxy) is 1. The number of benzene rings is 1. The summed E-state index contributed by atoms with van der Waals surface area (Å²) in [5.74, 6) is 2.09. The van der Waals surface area contributed by atoms with Gasteiger partial charge in [0, 0.05) is 24.0 Å². The van der Waals surface area contributed by atoms with Crippen LogP contribution in [-0.4, -0.2) is 34.2 Å². The number of hydrogen-bond donors (Lipinski definition) is 4. The van der Waals surface area contributed by atoms with Crippen molar-refractivity contribution >= 4 is 23.1 Å².